The Morgan fingerprint density at radius 1 is 1.40 bits per heavy atom. The third-order valence-electron chi connectivity index (χ3n) is 2.77. The third kappa shape index (κ3) is 5.48. The van der Waals surface area contributed by atoms with Crippen molar-refractivity contribution < 1.29 is 14.6 Å². The van der Waals surface area contributed by atoms with Crippen LogP contribution in [0.15, 0.2) is 18.2 Å². The first kappa shape index (κ1) is 16.3. The lowest BCUT2D eigenvalue weighted by atomic mass is 9.89. The molecule has 1 rings (SSSR count). The van der Waals surface area contributed by atoms with Crippen molar-refractivity contribution in [3.8, 4) is 5.75 Å². The van der Waals surface area contributed by atoms with Crippen molar-refractivity contribution in [1.82, 2.24) is 5.32 Å². The molecule has 112 valence electrons. The molecule has 1 aromatic rings. The maximum Gasteiger partial charge on any atom is 0.251 e. The van der Waals surface area contributed by atoms with Crippen LogP contribution in [0.1, 0.15) is 37.6 Å². The number of ether oxygens (including phenoxy) is 1. The first-order valence-corrected chi connectivity index (χ1v) is 6.62. The van der Waals surface area contributed by atoms with Crippen LogP contribution in [0.3, 0.4) is 0 Å². The normalized spacial score (nSPS) is 12.8. The molecule has 1 aromatic carbocycles. The topological polar surface area (TPSA) is 84.6 Å². The molecule has 5 nitrogen and oxygen atoms in total. The van der Waals surface area contributed by atoms with Crippen molar-refractivity contribution in [2.24, 2.45) is 5.41 Å². The fourth-order valence-electron chi connectivity index (χ4n) is 1.96. The average Bonchev–Trinajstić information content (AvgIpc) is 2.33. The van der Waals surface area contributed by atoms with Crippen LogP contribution in [0.25, 0.3) is 0 Å². The number of carbonyl (C=O) groups is 1. The number of nitrogen functional groups attached to an aromatic ring is 1. The third-order valence-corrected chi connectivity index (χ3v) is 2.77. The SMILES string of the molecule is COc1cc(N)cc(C(=O)NCC(O)CC(C)(C)C)c1. The van der Waals surface area contributed by atoms with Gasteiger partial charge >= 0.3 is 0 Å². The largest absolute Gasteiger partial charge is 0.497 e. The molecule has 1 unspecified atom stereocenters. The Balaban J connectivity index is 2.61. The minimum atomic E-state index is -0.568. The van der Waals surface area contributed by atoms with Gasteiger partial charge in [0.05, 0.1) is 13.2 Å². The smallest absolute Gasteiger partial charge is 0.251 e. The molecule has 0 aliphatic heterocycles. The summed E-state index contributed by atoms with van der Waals surface area (Å²) in [5, 5.41) is 12.6. The predicted molar refractivity (Wildman–Crippen MR) is 79.8 cm³/mol. The van der Waals surface area contributed by atoms with E-state index in [1.807, 2.05) is 20.8 Å². The Labute approximate surface area is 120 Å². The van der Waals surface area contributed by atoms with Crippen LogP contribution >= 0.6 is 0 Å². The number of aliphatic hydroxyl groups is 1. The molecule has 5 heteroatoms. The van der Waals surface area contributed by atoms with Gasteiger partial charge in [0.25, 0.3) is 5.91 Å². The van der Waals surface area contributed by atoms with Crippen molar-refractivity contribution in [2.75, 3.05) is 19.4 Å². The number of rotatable bonds is 5. The van der Waals surface area contributed by atoms with E-state index in [1.165, 1.54) is 7.11 Å². The van der Waals surface area contributed by atoms with Gasteiger partial charge in [-0.15, -0.1) is 0 Å². The molecule has 0 aliphatic rings. The highest BCUT2D eigenvalue weighted by Gasteiger charge is 2.17. The number of benzene rings is 1. The highest BCUT2D eigenvalue weighted by Crippen LogP contribution is 2.21. The van der Waals surface area contributed by atoms with Crippen molar-refractivity contribution in [1.29, 1.82) is 0 Å². The van der Waals surface area contributed by atoms with Crippen LogP contribution in [0.2, 0.25) is 0 Å². The van der Waals surface area contributed by atoms with Crippen molar-refractivity contribution >= 4 is 11.6 Å². The van der Waals surface area contributed by atoms with Gasteiger partial charge in [0.1, 0.15) is 5.75 Å². The number of carbonyl (C=O) groups excluding carboxylic acids is 1. The summed E-state index contributed by atoms with van der Waals surface area (Å²) in [5.41, 5.74) is 6.60. The second-order valence-corrected chi connectivity index (χ2v) is 6.12. The molecule has 0 radical (unpaired) electrons. The summed E-state index contributed by atoms with van der Waals surface area (Å²) in [6.07, 6.45) is 0.0509. The lowest BCUT2D eigenvalue weighted by Gasteiger charge is -2.22. The fourth-order valence-corrected chi connectivity index (χ4v) is 1.96. The molecule has 1 atom stereocenters. The van der Waals surface area contributed by atoms with Gasteiger partial charge < -0.3 is 20.9 Å². The molecule has 0 saturated heterocycles. The number of methoxy groups -OCH3 is 1. The lowest BCUT2D eigenvalue weighted by molar-refractivity contribution is 0.0868. The van der Waals surface area contributed by atoms with Crippen LogP contribution in [0, 0.1) is 5.41 Å². The molecule has 4 N–H and O–H groups in total. The van der Waals surface area contributed by atoms with Gasteiger partial charge in [0, 0.05) is 23.9 Å². The second-order valence-electron chi connectivity index (χ2n) is 6.12. The minimum Gasteiger partial charge on any atom is -0.497 e. The van der Waals surface area contributed by atoms with Crippen molar-refractivity contribution in [3.63, 3.8) is 0 Å². The summed E-state index contributed by atoms with van der Waals surface area (Å²) in [7, 11) is 1.52. The minimum absolute atomic E-state index is 0.0184. The molecule has 0 fully saturated rings. The van der Waals surface area contributed by atoms with Gasteiger partial charge in [-0.1, -0.05) is 20.8 Å². The number of hydrogen-bond acceptors (Lipinski definition) is 4. The van der Waals surface area contributed by atoms with E-state index in [0.29, 0.717) is 23.4 Å². The lowest BCUT2D eigenvalue weighted by Crippen LogP contribution is -2.34. The Hall–Kier alpha value is -1.75. The number of anilines is 1. The second kappa shape index (κ2) is 6.61. The molecule has 1 amide bonds. The van der Waals surface area contributed by atoms with E-state index in [-0.39, 0.29) is 17.9 Å². The number of hydrogen-bond donors (Lipinski definition) is 3. The van der Waals surface area contributed by atoms with Gasteiger partial charge in [-0.05, 0) is 24.0 Å². The first-order chi connectivity index (χ1) is 9.21. The summed E-state index contributed by atoms with van der Waals surface area (Å²) in [6.45, 7) is 6.34. The fraction of sp³-hybridized carbons (Fsp3) is 0.533. The molecule has 0 spiro atoms. The maximum absolute atomic E-state index is 12.0. The Bertz CT molecular complexity index is 467. The van der Waals surface area contributed by atoms with Crippen LogP contribution in [-0.4, -0.2) is 30.8 Å². The Morgan fingerprint density at radius 2 is 2.05 bits per heavy atom. The standard InChI is InChI=1S/C15H24N2O3/c1-15(2,3)8-12(18)9-17-14(19)10-5-11(16)7-13(6-10)20-4/h5-7,12,18H,8-9,16H2,1-4H3,(H,17,19). The van der Waals surface area contributed by atoms with Crippen LogP contribution < -0.4 is 15.8 Å². The zero-order valence-electron chi connectivity index (χ0n) is 12.6. The number of nitrogens with two attached hydrogens (primary N) is 1. The van der Waals surface area contributed by atoms with Crippen molar-refractivity contribution in [2.45, 2.75) is 33.3 Å². The number of aliphatic hydroxyl groups excluding tert-OH is 1. The van der Waals surface area contributed by atoms with E-state index in [0.717, 1.165) is 0 Å². The number of nitrogens with one attached hydrogen (secondary N) is 1. The molecule has 20 heavy (non-hydrogen) atoms. The van der Waals surface area contributed by atoms with Crippen LogP contribution in [-0.2, 0) is 0 Å². The van der Waals surface area contributed by atoms with Gasteiger partial charge in [0.2, 0.25) is 0 Å². The highest BCUT2D eigenvalue weighted by atomic mass is 16.5. The monoisotopic (exact) mass is 280 g/mol. The van der Waals surface area contributed by atoms with Crippen molar-refractivity contribution in [3.05, 3.63) is 23.8 Å². The summed E-state index contributed by atoms with van der Waals surface area (Å²) in [5.74, 6) is 0.258. The molecule has 0 bridgehead atoms. The van der Waals surface area contributed by atoms with E-state index in [1.54, 1.807) is 18.2 Å². The highest BCUT2D eigenvalue weighted by molar-refractivity contribution is 5.95. The van der Waals surface area contributed by atoms with E-state index in [2.05, 4.69) is 5.32 Å². The molecule has 0 heterocycles. The summed E-state index contributed by atoms with van der Waals surface area (Å²) >= 11 is 0. The van der Waals surface area contributed by atoms with Gasteiger partial charge in [-0.2, -0.15) is 0 Å². The zero-order chi connectivity index (χ0) is 15.3. The van der Waals surface area contributed by atoms with E-state index < -0.39 is 6.10 Å². The molecule has 0 aliphatic carbocycles. The Morgan fingerprint density at radius 3 is 2.60 bits per heavy atom. The van der Waals surface area contributed by atoms with E-state index in [9.17, 15) is 9.90 Å². The van der Waals surface area contributed by atoms with Gasteiger partial charge in [0.15, 0.2) is 0 Å². The number of amides is 1. The van der Waals surface area contributed by atoms with Gasteiger partial charge in [-0.3, -0.25) is 4.79 Å². The quantitative estimate of drug-likeness (QED) is 0.718. The average molecular weight is 280 g/mol. The molecule has 0 saturated carbocycles. The zero-order valence-corrected chi connectivity index (χ0v) is 12.6. The summed E-state index contributed by atoms with van der Waals surface area (Å²) < 4.78 is 5.07. The summed E-state index contributed by atoms with van der Waals surface area (Å²) in [6, 6.07) is 4.83. The van der Waals surface area contributed by atoms with Gasteiger partial charge in [-0.25, -0.2) is 0 Å². The Kier molecular flexibility index (Phi) is 5.39. The molecular weight excluding hydrogens is 256 g/mol. The first-order valence-electron chi connectivity index (χ1n) is 6.62. The molecular formula is C15H24N2O3. The van der Waals surface area contributed by atoms with E-state index >= 15 is 0 Å². The molecule has 0 aromatic heterocycles. The summed E-state index contributed by atoms with van der Waals surface area (Å²) in [4.78, 5) is 12.0. The predicted octanol–water partition coefficient (Wildman–Crippen LogP) is 1.80. The van der Waals surface area contributed by atoms with Crippen LogP contribution in [0.4, 0.5) is 5.69 Å². The van der Waals surface area contributed by atoms with Crippen LogP contribution in [0.5, 0.6) is 5.75 Å². The maximum atomic E-state index is 12.0. The van der Waals surface area contributed by atoms with E-state index in [4.69, 9.17) is 10.5 Å².